The third-order valence-corrected chi connectivity index (χ3v) is 5.10. The van der Waals surface area contributed by atoms with Crippen LogP contribution in [-0.4, -0.2) is 17.4 Å². The molecule has 0 fully saturated rings. The van der Waals surface area contributed by atoms with Crippen molar-refractivity contribution in [3.05, 3.63) is 58.6 Å². The summed E-state index contributed by atoms with van der Waals surface area (Å²) in [5, 5.41) is 5.68. The molecule has 0 amide bonds. The Kier molecular flexibility index (Phi) is 7.61. The van der Waals surface area contributed by atoms with E-state index >= 15 is 0 Å². The van der Waals surface area contributed by atoms with Gasteiger partial charge in [-0.1, -0.05) is 29.3 Å². The molecule has 0 aromatic heterocycles. The van der Waals surface area contributed by atoms with Crippen LogP contribution in [0.15, 0.2) is 47.4 Å². The number of benzene rings is 2. The topological polar surface area (TPSA) is 24.1 Å². The van der Waals surface area contributed by atoms with E-state index in [0.717, 1.165) is 18.2 Å². The molecular weight excluding hydrogens is 401 g/mol. The molecule has 26 heavy (non-hydrogen) atoms. The molecule has 2 aromatic rings. The molecule has 2 nitrogen and oxygen atoms in total. The summed E-state index contributed by atoms with van der Waals surface area (Å²) in [6.45, 7) is 2.68. The minimum Gasteiger partial charge on any atom is -0.362 e. The van der Waals surface area contributed by atoms with Crippen molar-refractivity contribution in [2.45, 2.75) is 24.4 Å². The summed E-state index contributed by atoms with van der Waals surface area (Å²) in [6, 6.07) is 11.9. The standard InChI is InChI=1S/C18H18ClF3N2S2/c1-12-3-6-14(7-4-12)26-10-2-9-23-17(25)24-13-5-8-16(19)15(11-13)18(20,21)22/h3-8,11H,2,9-10H2,1H3,(H2,23,24,25). The molecule has 0 aliphatic heterocycles. The van der Waals surface area contributed by atoms with Gasteiger partial charge >= 0.3 is 6.18 Å². The third kappa shape index (κ3) is 6.70. The first-order chi connectivity index (χ1) is 12.3. The monoisotopic (exact) mass is 418 g/mol. The zero-order chi connectivity index (χ0) is 19.2. The number of hydrogen-bond acceptors (Lipinski definition) is 2. The van der Waals surface area contributed by atoms with Crippen LogP contribution in [0.5, 0.6) is 0 Å². The van der Waals surface area contributed by atoms with Crippen molar-refractivity contribution in [1.29, 1.82) is 0 Å². The maximum absolute atomic E-state index is 12.9. The lowest BCUT2D eigenvalue weighted by Gasteiger charge is -2.14. The molecule has 0 atom stereocenters. The van der Waals surface area contributed by atoms with Crippen molar-refractivity contribution in [1.82, 2.24) is 5.32 Å². The van der Waals surface area contributed by atoms with Crippen LogP contribution in [0.4, 0.5) is 18.9 Å². The van der Waals surface area contributed by atoms with Crippen molar-refractivity contribution < 1.29 is 13.2 Å². The maximum atomic E-state index is 12.9. The summed E-state index contributed by atoms with van der Waals surface area (Å²) in [5.74, 6) is 0.915. The molecule has 2 N–H and O–H groups in total. The van der Waals surface area contributed by atoms with Crippen LogP contribution in [0.1, 0.15) is 17.5 Å². The smallest absolute Gasteiger partial charge is 0.362 e. The van der Waals surface area contributed by atoms with Crippen molar-refractivity contribution in [2.75, 3.05) is 17.6 Å². The molecule has 0 aliphatic carbocycles. The minimum absolute atomic E-state index is 0.244. The fraction of sp³-hybridized carbons (Fsp3) is 0.278. The molecule has 0 aliphatic rings. The summed E-state index contributed by atoms with van der Waals surface area (Å²) < 4.78 is 38.6. The average molecular weight is 419 g/mol. The molecule has 0 saturated heterocycles. The second kappa shape index (κ2) is 9.48. The highest BCUT2D eigenvalue weighted by Crippen LogP contribution is 2.36. The molecule has 0 saturated carbocycles. The van der Waals surface area contributed by atoms with Gasteiger partial charge in [-0.25, -0.2) is 0 Å². The Labute approximate surface area is 165 Å². The Balaban J connectivity index is 1.74. The van der Waals surface area contributed by atoms with Gasteiger partial charge in [0.1, 0.15) is 0 Å². The van der Waals surface area contributed by atoms with Gasteiger partial charge in [-0.05, 0) is 61.6 Å². The molecule has 0 spiro atoms. The Morgan fingerprint density at radius 2 is 1.85 bits per heavy atom. The van der Waals surface area contributed by atoms with Crippen LogP contribution in [0.2, 0.25) is 5.02 Å². The van der Waals surface area contributed by atoms with Crippen LogP contribution < -0.4 is 10.6 Å². The second-order valence-corrected chi connectivity index (χ2v) is 7.57. The summed E-state index contributed by atoms with van der Waals surface area (Å²) in [7, 11) is 0. The Morgan fingerprint density at radius 3 is 2.50 bits per heavy atom. The zero-order valence-electron chi connectivity index (χ0n) is 14.0. The molecule has 8 heteroatoms. The Hall–Kier alpha value is -1.44. The number of alkyl halides is 3. The van der Waals surface area contributed by atoms with Gasteiger partial charge in [-0.15, -0.1) is 11.8 Å². The predicted octanol–water partition coefficient (Wildman–Crippen LogP) is 6.14. The van der Waals surface area contributed by atoms with Crippen LogP contribution in [-0.2, 0) is 6.18 Å². The van der Waals surface area contributed by atoms with E-state index in [-0.39, 0.29) is 15.8 Å². The Bertz CT molecular complexity index is 749. The molecule has 0 unspecified atom stereocenters. The van der Waals surface area contributed by atoms with E-state index in [1.165, 1.54) is 22.6 Å². The Morgan fingerprint density at radius 1 is 1.15 bits per heavy atom. The summed E-state index contributed by atoms with van der Waals surface area (Å²) >= 11 is 12.5. The lowest BCUT2D eigenvalue weighted by Crippen LogP contribution is -2.29. The van der Waals surface area contributed by atoms with E-state index in [9.17, 15) is 13.2 Å². The van der Waals surface area contributed by atoms with E-state index in [1.54, 1.807) is 11.8 Å². The van der Waals surface area contributed by atoms with Gasteiger partial charge in [0.2, 0.25) is 0 Å². The fourth-order valence-corrected chi connectivity index (χ4v) is 3.39. The average Bonchev–Trinajstić information content (AvgIpc) is 2.57. The second-order valence-electron chi connectivity index (χ2n) is 5.59. The molecule has 2 aromatic carbocycles. The molecule has 0 heterocycles. The molecule has 140 valence electrons. The molecular formula is C18H18ClF3N2S2. The van der Waals surface area contributed by atoms with E-state index in [2.05, 4.69) is 34.9 Å². The summed E-state index contributed by atoms with van der Waals surface area (Å²) in [4.78, 5) is 1.21. The van der Waals surface area contributed by atoms with Gasteiger partial charge in [0.25, 0.3) is 0 Å². The predicted molar refractivity (Wildman–Crippen MR) is 107 cm³/mol. The SMILES string of the molecule is Cc1ccc(SCCCNC(=S)Nc2ccc(Cl)c(C(F)(F)F)c2)cc1. The number of nitrogens with one attached hydrogen (secondary N) is 2. The van der Waals surface area contributed by atoms with Gasteiger partial charge in [-0.3, -0.25) is 0 Å². The van der Waals surface area contributed by atoms with Crippen molar-refractivity contribution in [3.63, 3.8) is 0 Å². The quantitative estimate of drug-likeness (QED) is 0.334. The van der Waals surface area contributed by atoms with Gasteiger partial charge < -0.3 is 10.6 Å². The first kappa shape index (κ1) is 20.9. The number of halogens is 4. The highest BCUT2D eigenvalue weighted by atomic mass is 35.5. The third-order valence-electron chi connectivity index (χ3n) is 3.43. The van der Waals surface area contributed by atoms with Crippen LogP contribution in [0.25, 0.3) is 0 Å². The van der Waals surface area contributed by atoms with Gasteiger partial charge in [-0.2, -0.15) is 13.2 Å². The van der Waals surface area contributed by atoms with Crippen molar-refractivity contribution >= 4 is 46.4 Å². The van der Waals surface area contributed by atoms with Crippen LogP contribution >= 0.6 is 35.6 Å². The zero-order valence-corrected chi connectivity index (χ0v) is 16.4. The minimum atomic E-state index is -4.50. The van der Waals surface area contributed by atoms with Crippen molar-refractivity contribution in [2.24, 2.45) is 0 Å². The first-order valence-corrected chi connectivity index (χ1v) is 9.64. The summed E-state index contributed by atoms with van der Waals surface area (Å²) in [6.07, 6.45) is -3.63. The summed E-state index contributed by atoms with van der Waals surface area (Å²) in [5.41, 5.74) is 0.582. The number of thiocarbonyl (C=S) groups is 1. The number of aryl methyl sites for hydroxylation is 1. The number of hydrogen-bond donors (Lipinski definition) is 2. The van der Waals surface area contributed by atoms with Crippen molar-refractivity contribution in [3.8, 4) is 0 Å². The van der Waals surface area contributed by atoms with E-state index < -0.39 is 11.7 Å². The highest BCUT2D eigenvalue weighted by molar-refractivity contribution is 7.99. The number of thioether (sulfide) groups is 1. The lowest BCUT2D eigenvalue weighted by atomic mass is 10.2. The van der Waals surface area contributed by atoms with E-state index in [4.69, 9.17) is 23.8 Å². The van der Waals surface area contributed by atoms with Gasteiger partial charge in [0.05, 0.1) is 10.6 Å². The normalized spacial score (nSPS) is 11.3. The molecule has 0 radical (unpaired) electrons. The lowest BCUT2D eigenvalue weighted by molar-refractivity contribution is -0.137. The molecule has 0 bridgehead atoms. The van der Waals surface area contributed by atoms with Gasteiger partial charge in [0.15, 0.2) is 5.11 Å². The number of rotatable bonds is 6. The highest BCUT2D eigenvalue weighted by Gasteiger charge is 2.33. The molecule has 2 rings (SSSR count). The van der Waals surface area contributed by atoms with Crippen LogP contribution in [0, 0.1) is 6.92 Å². The van der Waals surface area contributed by atoms with E-state index in [1.807, 2.05) is 6.92 Å². The number of anilines is 1. The largest absolute Gasteiger partial charge is 0.417 e. The van der Waals surface area contributed by atoms with Gasteiger partial charge in [0, 0.05) is 17.1 Å². The maximum Gasteiger partial charge on any atom is 0.417 e. The van der Waals surface area contributed by atoms with E-state index in [0.29, 0.717) is 6.54 Å². The first-order valence-electron chi connectivity index (χ1n) is 7.87. The fourth-order valence-electron chi connectivity index (χ4n) is 2.09. The van der Waals surface area contributed by atoms with Crippen LogP contribution in [0.3, 0.4) is 0 Å².